The zero-order valence-electron chi connectivity index (χ0n) is 16.6. The summed E-state index contributed by atoms with van der Waals surface area (Å²) in [7, 11) is -0.722. The van der Waals surface area contributed by atoms with E-state index in [1.807, 2.05) is 0 Å². The molecule has 1 heterocycles. The molecule has 1 saturated carbocycles. The fraction of sp³-hybridized carbons (Fsp3) is 0.667. The van der Waals surface area contributed by atoms with Gasteiger partial charge in [-0.1, -0.05) is 0 Å². The lowest BCUT2D eigenvalue weighted by Crippen LogP contribution is -2.41. The van der Waals surface area contributed by atoms with Crippen LogP contribution in [-0.4, -0.2) is 52.4 Å². The number of anilines is 1. The van der Waals surface area contributed by atoms with Gasteiger partial charge in [0.1, 0.15) is 10.4 Å². The molecule has 2 N–H and O–H groups in total. The van der Waals surface area contributed by atoms with Crippen molar-refractivity contribution in [3.05, 3.63) is 15.8 Å². The monoisotopic (exact) mass is 432 g/mol. The van der Waals surface area contributed by atoms with E-state index in [4.69, 9.17) is 9.47 Å². The minimum absolute atomic E-state index is 0.0265. The molecule has 1 fully saturated rings. The highest BCUT2D eigenvalue weighted by Crippen LogP contribution is 2.31. The van der Waals surface area contributed by atoms with Crippen LogP contribution in [0.4, 0.5) is 5.69 Å². The van der Waals surface area contributed by atoms with Crippen molar-refractivity contribution in [1.82, 2.24) is 4.72 Å². The average molecular weight is 433 g/mol. The van der Waals surface area contributed by atoms with E-state index in [0.717, 1.165) is 37.0 Å². The molecule has 1 aliphatic carbocycles. The Bertz CT molecular complexity index is 795. The molecule has 158 valence electrons. The summed E-state index contributed by atoms with van der Waals surface area (Å²) in [4.78, 5) is 24.2. The summed E-state index contributed by atoms with van der Waals surface area (Å²) in [5.41, 5.74) is 0.748. The Hall–Kier alpha value is -1.65. The molecular weight excluding hydrogens is 404 g/mol. The predicted molar refractivity (Wildman–Crippen MR) is 108 cm³/mol. The standard InChI is InChI=1S/C18H28N2O6S2/c1-11(2)28(23,24)20-13-7-5-12(6-8-13)9-19-14-10-27-16(18(22)26-4)15(14)17(21)25-3/h10-13,19-20H,5-9H2,1-4H3. The molecule has 28 heavy (non-hydrogen) atoms. The second-order valence-corrected chi connectivity index (χ2v) is 10.3. The first-order chi connectivity index (χ1) is 13.2. The third-order valence-electron chi connectivity index (χ3n) is 4.93. The topological polar surface area (TPSA) is 111 Å². The van der Waals surface area contributed by atoms with Crippen molar-refractivity contribution >= 4 is 39.0 Å². The Kier molecular flexibility index (Phi) is 7.85. The number of sulfonamides is 1. The van der Waals surface area contributed by atoms with Gasteiger partial charge in [-0.3, -0.25) is 0 Å². The van der Waals surface area contributed by atoms with Gasteiger partial charge in [-0.2, -0.15) is 0 Å². The smallest absolute Gasteiger partial charge is 0.349 e. The Morgan fingerprint density at radius 2 is 1.75 bits per heavy atom. The number of rotatable bonds is 8. The van der Waals surface area contributed by atoms with Gasteiger partial charge in [0.2, 0.25) is 10.0 Å². The average Bonchev–Trinajstić information content (AvgIpc) is 3.09. The van der Waals surface area contributed by atoms with Gasteiger partial charge < -0.3 is 14.8 Å². The van der Waals surface area contributed by atoms with Crippen LogP contribution >= 0.6 is 11.3 Å². The van der Waals surface area contributed by atoms with Gasteiger partial charge in [-0.15, -0.1) is 11.3 Å². The minimum atomic E-state index is -3.26. The number of carbonyl (C=O) groups is 2. The minimum Gasteiger partial charge on any atom is -0.465 e. The Labute approximate surface area is 170 Å². The molecule has 8 nitrogen and oxygen atoms in total. The van der Waals surface area contributed by atoms with Gasteiger partial charge in [-0.25, -0.2) is 22.7 Å². The summed E-state index contributed by atoms with van der Waals surface area (Å²) in [6, 6.07) is -0.0265. The number of esters is 2. The highest BCUT2D eigenvalue weighted by molar-refractivity contribution is 7.90. The molecule has 1 aliphatic rings. The van der Waals surface area contributed by atoms with E-state index in [-0.39, 0.29) is 16.5 Å². The van der Waals surface area contributed by atoms with Crippen LogP contribution in [0, 0.1) is 5.92 Å². The van der Waals surface area contributed by atoms with Crippen LogP contribution in [-0.2, 0) is 19.5 Å². The number of nitrogens with one attached hydrogen (secondary N) is 2. The van der Waals surface area contributed by atoms with E-state index in [1.165, 1.54) is 14.2 Å². The quantitative estimate of drug-likeness (QED) is 0.608. The largest absolute Gasteiger partial charge is 0.465 e. The molecule has 0 bridgehead atoms. The number of ether oxygens (including phenoxy) is 2. The van der Waals surface area contributed by atoms with Crippen LogP contribution in [0.25, 0.3) is 0 Å². The first-order valence-electron chi connectivity index (χ1n) is 9.22. The molecule has 0 aliphatic heterocycles. The SMILES string of the molecule is COC(=O)c1scc(NCC2CCC(NS(=O)(=O)C(C)C)CC2)c1C(=O)OC. The third-order valence-corrected chi connectivity index (χ3v) is 7.79. The molecule has 0 atom stereocenters. The van der Waals surface area contributed by atoms with Crippen molar-refractivity contribution in [1.29, 1.82) is 0 Å². The lowest BCUT2D eigenvalue weighted by atomic mass is 9.86. The number of hydrogen-bond acceptors (Lipinski definition) is 8. The molecule has 10 heteroatoms. The fourth-order valence-corrected chi connectivity index (χ4v) is 5.04. The summed E-state index contributed by atoms with van der Waals surface area (Å²) in [6.07, 6.45) is 3.30. The Morgan fingerprint density at radius 3 is 2.29 bits per heavy atom. The molecule has 1 aromatic heterocycles. The predicted octanol–water partition coefficient (Wildman–Crippen LogP) is 2.62. The molecule has 0 unspecified atom stereocenters. The van der Waals surface area contributed by atoms with Gasteiger partial charge in [0.05, 0.1) is 25.2 Å². The van der Waals surface area contributed by atoms with Crippen LogP contribution in [0.1, 0.15) is 59.6 Å². The van der Waals surface area contributed by atoms with Crippen LogP contribution in [0.15, 0.2) is 5.38 Å². The fourth-order valence-electron chi connectivity index (χ4n) is 3.14. The van der Waals surface area contributed by atoms with Crippen molar-refractivity contribution in [2.24, 2.45) is 5.92 Å². The van der Waals surface area contributed by atoms with E-state index in [2.05, 4.69) is 10.0 Å². The summed E-state index contributed by atoms with van der Waals surface area (Å²) in [5.74, 6) is -0.806. The zero-order chi connectivity index (χ0) is 20.9. The maximum atomic E-state index is 12.1. The van der Waals surface area contributed by atoms with Gasteiger partial charge >= 0.3 is 11.9 Å². The highest BCUT2D eigenvalue weighted by atomic mass is 32.2. The summed E-state index contributed by atoms with van der Waals surface area (Å²) in [6.45, 7) is 3.96. The molecule has 1 aromatic rings. The summed E-state index contributed by atoms with van der Waals surface area (Å²) < 4.78 is 36.3. The van der Waals surface area contributed by atoms with Crippen molar-refractivity contribution in [3.63, 3.8) is 0 Å². The van der Waals surface area contributed by atoms with Gasteiger partial charge in [0.15, 0.2) is 0 Å². The molecule has 0 amide bonds. The zero-order valence-corrected chi connectivity index (χ0v) is 18.2. The Morgan fingerprint density at radius 1 is 1.14 bits per heavy atom. The molecule has 2 rings (SSSR count). The number of methoxy groups -OCH3 is 2. The third kappa shape index (κ3) is 5.45. The van der Waals surface area contributed by atoms with Crippen molar-refractivity contribution < 1.29 is 27.5 Å². The maximum Gasteiger partial charge on any atom is 0.349 e. The Balaban J connectivity index is 1.95. The van der Waals surface area contributed by atoms with E-state index < -0.39 is 27.2 Å². The van der Waals surface area contributed by atoms with E-state index in [9.17, 15) is 18.0 Å². The van der Waals surface area contributed by atoms with E-state index >= 15 is 0 Å². The second kappa shape index (κ2) is 9.71. The van der Waals surface area contributed by atoms with E-state index in [0.29, 0.717) is 18.2 Å². The van der Waals surface area contributed by atoms with Crippen LogP contribution in [0.5, 0.6) is 0 Å². The van der Waals surface area contributed by atoms with Crippen LogP contribution < -0.4 is 10.0 Å². The number of hydrogen-bond donors (Lipinski definition) is 2. The first kappa shape index (κ1) is 22.6. The molecular formula is C18H28N2O6S2. The van der Waals surface area contributed by atoms with Crippen molar-refractivity contribution in [2.75, 3.05) is 26.1 Å². The molecule has 0 spiro atoms. The lowest BCUT2D eigenvalue weighted by molar-refractivity contribution is 0.0561. The van der Waals surface area contributed by atoms with Gasteiger partial charge in [0, 0.05) is 18.0 Å². The maximum absolute atomic E-state index is 12.1. The van der Waals surface area contributed by atoms with Crippen LogP contribution in [0.3, 0.4) is 0 Å². The van der Waals surface area contributed by atoms with Crippen molar-refractivity contribution in [3.8, 4) is 0 Å². The van der Waals surface area contributed by atoms with Crippen LogP contribution in [0.2, 0.25) is 0 Å². The lowest BCUT2D eigenvalue weighted by Gasteiger charge is -2.29. The van der Waals surface area contributed by atoms with Gasteiger partial charge in [-0.05, 0) is 45.4 Å². The summed E-state index contributed by atoms with van der Waals surface area (Å²) in [5, 5.41) is 4.51. The van der Waals surface area contributed by atoms with Gasteiger partial charge in [0.25, 0.3) is 0 Å². The van der Waals surface area contributed by atoms with Crippen molar-refractivity contribution in [2.45, 2.75) is 50.8 Å². The molecule has 0 saturated heterocycles. The second-order valence-electron chi connectivity index (χ2n) is 7.15. The molecule has 0 radical (unpaired) electrons. The number of thiophene rings is 1. The normalized spacial score (nSPS) is 20.0. The molecule has 0 aromatic carbocycles. The number of carbonyl (C=O) groups excluding carboxylic acids is 2. The van der Waals surface area contributed by atoms with E-state index in [1.54, 1.807) is 19.2 Å². The highest BCUT2D eigenvalue weighted by Gasteiger charge is 2.28. The first-order valence-corrected chi connectivity index (χ1v) is 11.6. The summed E-state index contributed by atoms with van der Waals surface area (Å²) >= 11 is 1.13.